The molecule has 0 spiro atoms. The van der Waals surface area contributed by atoms with Crippen molar-refractivity contribution in [2.45, 2.75) is 51.1 Å². The summed E-state index contributed by atoms with van der Waals surface area (Å²) in [5, 5.41) is 8.16. The molecule has 0 bridgehead atoms. The van der Waals surface area contributed by atoms with Crippen LogP contribution < -0.4 is 5.32 Å². The molecule has 0 saturated heterocycles. The maximum atomic E-state index is 13.3. The minimum absolute atomic E-state index is 0.188. The first-order valence-electron chi connectivity index (χ1n) is 7.79. The van der Waals surface area contributed by atoms with E-state index in [4.69, 9.17) is 0 Å². The van der Waals surface area contributed by atoms with Gasteiger partial charge in [0.25, 0.3) is 0 Å². The van der Waals surface area contributed by atoms with Gasteiger partial charge < -0.3 is 5.32 Å². The SMILES string of the molecule is Cc1cc(F)ccc1-n1ncc(CNC2CC2)c1C1CC1. The van der Waals surface area contributed by atoms with Gasteiger partial charge in [-0.3, -0.25) is 0 Å². The van der Waals surface area contributed by atoms with E-state index in [9.17, 15) is 4.39 Å². The molecule has 0 atom stereocenters. The Morgan fingerprint density at radius 2 is 2.10 bits per heavy atom. The van der Waals surface area contributed by atoms with Crippen LogP contribution in [0.15, 0.2) is 24.4 Å². The van der Waals surface area contributed by atoms with Crippen LogP contribution in [-0.2, 0) is 6.54 Å². The van der Waals surface area contributed by atoms with Gasteiger partial charge in [0, 0.05) is 24.1 Å². The first-order chi connectivity index (χ1) is 10.2. The molecular weight excluding hydrogens is 265 g/mol. The molecule has 4 rings (SSSR count). The van der Waals surface area contributed by atoms with Crippen LogP contribution >= 0.6 is 0 Å². The fourth-order valence-electron chi connectivity index (χ4n) is 2.91. The minimum atomic E-state index is -0.188. The molecule has 2 aromatic rings. The third-order valence-electron chi connectivity index (χ3n) is 4.40. The highest BCUT2D eigenvalue weighted by Crippen LogP contribution is 2.42. The zero-order chi connectivity index (χ0) is 14.4. The Balaban J connectivity index is 1.70. The Hall–Kier alpha value is -1.68. The molecule has 110 valence electrons. The first kappa shape index (κ1) is 13.0. The summed E-state index contributed by atoms with van der Waals surface area (Å²) in [6.45, 7) is 2.84. The van der Waals surface area contributed by atoms with Crippen molar-refractivity contribution in [1.82, 2.24) is 15.1 Å². The van der Waals surface area contributed by atoms with Crippen LogP contribution in [0.2, 0.25) is 0 Å². The summed E-state index contributed by atoms with van der Waals surface area (Å²) >= 11 is 0. The number of halogens is 1. The number of nitrogens with one attached hydrogen (secondary N) is 1. The van der Waals surface area contributed by atoms with Crippen molar-refractivity contribution in [3.05, 3.63) is 47.0 Å². The Kier molecular flexibility index (Phi) is 3.07. The van der Waals surface area contributed by atoms with Gasteiger partial charge in [0.2, 0.25) is 0 Å². The van der Waals surface area contributed by atoms with E-state index >= 15 is 0 Å². The predicted octanol–water partition coefficient (Wildman–Crippen LogP) is 3.45. The van der Waals surface area contributed by atoms with Crippen molar-refractivity contribution >= 4 is 0 Å². The van der Waals surface area contributed by atoms with Crippen molar-refractivity contribution in [2.75, 3.05) is 0 Å². The van der Waals surface area contributed by atoms with Gasteiger partial charge in [-0.1, -0.05) is 0 Å². The summed E-state index contributed by atoms with van der Waals surface area (Å²) in [6, 6.07) is 5.63. The van der Waals surface area contributed by atoms with Crippen molar-refractivity contribution in [1.29, 1.82) is 0 Å². The zero-order valence-corrected chi connectivity index (χ0v) is 12.3. The molecule has 4 heteroatoms. The Morgan fingerprint density at radius 3 is 2.76 bits per heavy atom. The van der Waals surface area contributed by atoms with E-state index in [-0.39, 0.29) is 5.82 Å². The van der Waals surface area contributed by atoms with Gasteiger partial charge in [0.1, 0.15) is 5.82 Å². The van der Waals surface area contributed by atoms with Crippen LogP contribution in [0, 0.1) is 12.7 Å². The number of nitrogens with zero attached hydrogens (tertiary/aromatic N) is 2. The molecule has 1 aromatic carbocycles. The molecule has 2 fully saturated rings. The molecule has 1 heterocycles. The summed E-state index contributed by atoms with van der Waals surface area (Å²) in [7, 11) is 0. The average molecular weight is 285 g/mol. The number of hydrogen-bond donors (Lipinski definition) is 1. The maximum Gasteiger partial charge on any atom is 0.123 e. The second kappa shape index (κ2) is 4.95. The normalized spacial score (nSPS) is 18.2. The van der Waals surface area contributed by atoms with Crippen LogP contribution in [0.5, 0.6) is 0 Å². The molecule has 1 N–H and O–H groups in total. The molecular formula is C17H20FN3. The summed E-state index contributed by atoms with van der Waals surface area (Å²) < 4.78 is 15.3. The quantitative estimate of drug-likeness (QED) is 0.912. The standard InChI is InChI=1S/C17H20FN3/c1-11-8-14(18)4-7-16(11)21-17(12-2-3-12)13(10-20-21)9-19-15-5-6-15/h4,7-8,10,12,15,19H,2-3,5-6,9H2,1H3. The molecule has 0 amide bonds. The Bertz CT molecular complexity index is 669. The molecule has 3 nitrogen and oxygen atoms in total. The Morgan fingerprint density at radius 1 is 1.29 bits per heavy atom. The van der Waals surface area contributed by atoms with E-state index in [0.717, 1.165) is 17.8 Å². The van der Waals surface area contributed by atoms with Gasteiger partial charge in [-0.05, 0) is 56.4 Å². The third kappa shape index (κ3) is 2.60. The second-order valence-corrected chi connectivity index (χ2v) is 6.33. The molecule has 0 unspecified atom stereocenters. The fraction of sp³-hybridized carbons (Fsp3) is 0.471. The number of hydrogen-bond acceptors (Lipinski definition) is 2. The Labute approximate surface area is 124 Å². The average Bonchev–Trinajstić information content (AvgIpc) is 3.37. The largest absolute Gasteiger partial charge is 0.310 e. The van der Waals surface area contributed by atoms with Crippen LogP contribution in [0.3, 0.4) is 0 Å². The topological polar surface area (TPSA) is 29.9 Å². The molecule has 0 radical (unpaired) electrons. The molecule has 1 aromatic heterocycles. The maximum absolute atomic E-state index is 13.3. The minimum Gasteiger partial charge on any atom is -0.310 e. The summed E-state index contributed by atoms with van der Waals surface area (Å²) in [5.74, 6) is 0.431. The lowest BCUT2D eigenvalue weighted by atomic mass is 10.1. The van der Waals surface area contributed by atoms with Gasteiger partial charge in [0.05, 0.1) is 17.6 Å². The van der Waals surface area contributed by atoms with E-state index in [1.54, 1.807) is 6.07 Å². The first-order valence-corrected chi connectivity index (χ1v) is 7.79. The van der Waals surface area contributed by atoms with Gasteiger partial charge >= 0.3 is 0 Å². The summed E-state index contributed by atoms with van der Waals surface area (Å²) in [5.41, 5.74) is 4.55. The lowest BCUT2D eigenvalue weighted by Crippen LogP contribution is -2.16. The molecule has 21 heavy (non-hydrogen) atoms. The predicted molar refractivity (Wildman–Crippen MR) is 80.1 cm³/mol. The lowest BCUT2D eigenvalue weighted by Gasteiger charge is -2.12. The van der Waals surface area contributed by atoms with Crippen molar-refractivity contribution in [2.24, 2.45) is 0 Å². The van der Waals surface area contributed by atoms with Gasteiger partial charge in [0.15, 0.2) is 0 Å². The lowest BCUT2D eigenvalue weighted by molar-refractivity contribution is 0.625. The van der Waals surface area contributed by atoms with Crippen molar-refractivity contribution < 1.29 is 4.39 Å². The van der Waals surface area contributed by atoms with E-state index in [2.05, 4.69) is 10.4 Å². The number of benzene rings is 1. The third-order valence-corrected chi connectivity index (χ3v) is 4.40. The van der Waals surface area contributed by atoms with Gasteiger partial charge in [-0.15, -0.1) is 0 Å². The smallest absolute Gasteiger partial charge is 0.123 e. The van der Waals surface area contributed by atoms with Crippen LogP contribution in [0.25, 0.3) is 5.69 Å². The monoisotopic (exact) mass is 285 g/mol. The van der Waals surface area contributed by atoms with E-state index in [0.29, 0.717) is 12.0 Å². The van der Waals surface area contributed by atoms with Crippen molar-refractivity contribution in [3.8, 4) is 5.69 Å². The van der Waals surface area contributed by atoms with E-state index < -0.39 is 0 Å². The van der Waals surface area contributed by atoms with Crippen LogP contribution in [0.4, 0.5) is 4.39 Å². The second-order valence-electron chi connectivity index (χ2n) is 6.33. The number of aromatic nitrogens is 2. The van der Waals surface area contributed by atoms with Gasteiger partial charge in [-0.2, -0.15) is 5.10 Å². The number of aryl methyl sites for hydroxylation is 1. The van der Waals surface area contributed by atoms with Crippen LogP contribution in [-0.4, -0.2) is 15.8 Å². The summed E-state index contributed by atoms with van der Waals surface area (Å²) in [6.07, 6.45) is 7.05. The van der Waals surface area contributed by atoms with E-state index in [1.165, 1.54) is 43.0 Å². The highest BCUT2D eigenvalue weighted by molar-refractivity contribution is 5.43. The van der Waals surface area contributed by atoms with Crippen molar-refractivity contribution in [3.63, 3.8) is 0 Å². The molecule has 2 saturated carbocycles. The summed E-state index contributed by atoms with van der Waals surface area (Å²) in [4.78, 5) is 0. The highest BCUT2D eigenvalue weighted by atomic mass is 19.1. The highest BCUT2D eigenvalue weighted by Gasteiger charge is 2.31. The number of rotatable bonds is 5. The zero-order valence-electron chi connectivity index (χ0n) is 12.3. The molecule has 0 aliphatic heterocycles. The molecule has 2 aliphatic rings. The van der Waals surface area contributed by atoms with E-state index in [1.807, 2.05) is 23.9 Å². The fourth-order valence-corrected chi connectivity index (χ4v) is 2.91. The van der Waals surface area contributed by atoms with Crippen LogP contribution in [0.1, 0.15) is 48.4 Å². The van der Waals surface area contributed by atoms with Gasteiger partial charge in [-0.25, -0.2) is 9.07 Å². The molecule has 2 aliphatic carbocycles.